The molecule has 1 heterocycles. The van der Waals surface area contributed by atoms with E-state index in [1.165, 1.54) is 11.3 Å². The Kier molecular flexibility index (Phi) is 2.25. The fourth-order valence-corrected chi connectivity index (χ4v) is 2.67. The van der Waals surface area contributed by atoms with E-state index in [-0.39, 0.29) is 0 Å². The highest BCUT2D eigenvalue weighted by Gasteiger charge is 2.05. The van der Waals surface area contributed by atoms with Crippen LogP contribution in [0.4, 0.5) is 0 Å². The van der Waals surface area contributed by atoms with Gasteiger partial charge in [-0.05, 0) is 39.5 Å². The van der Waals surface area contributed by atoms with E-state index in [4.69, 9.17) is 10.5 Å². The third-order valence-electron chi connectivity index (χ3n) is 1.84. The molecule has 66 valence electrons. The van der Waals surface area contributed by atoms with Gasteiger partial charge in [-0.2, -0.15) is 10.5 Å². The van der Waals surface area contributed by atoms with Gasteiger partial charge < -0.3 is 0 Å². The molecule has 1 aromatic carbocycles. The number of fused-ring (bicyclic) bond motifs is 1. The van der Waals surface area contributed by atoms with Crippen LogP contribution in [0, 0.1) is 22.7 Å². The molecule has 4 heteroatoms. The van der Waals surface area contributed by atoms with Crippen molar-refractivity contribution in [1.82, 2.24) is 0 Å². The molecule has 0 radical (unpaired) electrons. The van der Waals surface area contributed by atoms with Gasteiger partial charge in [-0.1, -0.05) is 0 Å². The zero-order chi connectivity index (χ0) is 10.1. The number of halogens is 1. The molecule has 0 aliphatic rings. The van der Waals surface area contributed by atoms with Crippen LogP contribution in [0.2, 0.25) is 0 Å². The fourth-order valence-electron chi connectivity index (χ4n) is 1.20. The highest BCUT2D eigenvalue weighted by atomic mass is 79.9. The quantitative estimate of drug-likeness (QED) is 0.731. The summed E-state index contributed by atoms with van der Waals surface area (Å²) in [6.07, 6.45) is 0. The minimum absolute atomic E-state index is 0.597. The Morgan fingerprint density at radius 1 is 1.14 bits per heavy atom. The van der Waals surface area contributed by atoms with Crippen molar-refractivity contribution in [3.05, 3.63) is 33.1 Å². The van der Waals surface area contributed by atoms with Crippen molar-refractivity contribution in [3.63, 3.8) is 0 Å². The summed E-state index contributed by atoms with van der Waals surface area (Å²) in [6.45, 7) is 0. The van der Waals surface area contributed by atoms with E-state index in [0.29, 0.717) is 10.4 Å². The van der Waals surface area contributed by atoms with Crippen molar-refractivity contribution < 1.29 is 0 Å². The number of nitrogens with zero attached hydrogens (tertiary/aromatic N) is 2. The second kappa shape index (κ2) is 3.42. The number of hydrogen-bond acceptors (Lipinski definition) is 3. The zero-order valence-corrected chi connectivity index (χ0v) is 9.32. The van der Waals surface area contributed by atoms with Gasteiger partial charge in [-0.3, -0.25) is 0 Å². The van der Waals surface area contributed by atoms with Gasteiger partial charge in [0, 0.05) is 9.17 Å². The molecule has 0 aliphatic heterocycles. The third kappa shape index (κ3) is 1.39. The maximum absolute atomic E-state index is 8.80. The Bertz CT molecular complexity index is 586. The summed E-state index contributed by atoms with van der Waals surface area (Å²) in [5.41, 5.74) is 0.597. The van der Waals surface area contributed by atoms with E-state index >= 15 is 0 Å². The SMILES string of the molecule is N#Cc1cc2cc(C#N)c(Br)cc2s1. The summed E-state index contributed by atoms with van der Waals surface area (Å²) >= 11 is 4.74. The molecule has 0 saturated carbocycles. The maximum atomic E-state index is 8.80. The molecule has 2 nitrogen and oxygen atoms in total. The lowest BCUT2D eigenvalue weighted by Crippen LogP contribution is -1.75. The van der Waals surface area contributed by atoms with E-state index in [1.807, 2.05) is 6.07 Å². The number of thiophene rings is 1. The summed E-state index contributed by atoms with van der Waals surface area (Å²) in [5, 5.41) is 18.5. The van der Waals surface area contributed by atoms with Crippen molar-refractivity contribution >= 4 is 37.4 Å². The number of benzene rings is 1. The van der Waals surface area contributed by atoms with Gasteiger partial charge in [0.15, 0.2) is 0 Å². The highest BCUT2D eigenvalue weighted by Crippen LogP contribution is 2.30. The van der Waals surface area contributed by atoms with E-state index in [9.17, 15) is 0 Å². The summed E-state index contributed by atoms with van der Waals surface area (Å²) in [7, 11) is 0. The Labute approximate surface area is 93.1 Å². The molecule has 0 bridgehead atoms. The lowest BCUT2D eigenvalue weighted by Gasteiger charge is -1.94. The molecule has 2 aromatic rings. The van der Waals surface area contributed by atoms with Gasteiger partial charge in [-0.15, -0.1) is 11.3 Å². The Morgan fingerprint density at radius 3 is 2.57 bits per heavy atom. The lowest BCUT2D eigenvalue weighted by molar-refractivity contribution is 1.48. The number of hydrogen-bond donors (Lipinski definition) is 0. The van der Waals surface area contributed by atoms with E-state index in [0.717, 1.165) is 14.6 Å². The van der Waals surface area contributed by atoms with Crippen LogP contribution >= 0.6 is 27.3 Å². The second-order valence-corrected chi connectivity index (χ2v) is 4.64. The smallest absolute Gasteiger partial charge is 0.110 e. The van der Waals surface area contributed by atoms with Gasteiger partial charge >= 0.3 is 0 Å². The molecular weight excluding hydrogens is 260 g/mol. The molecule has 0 atom stereocenters. The topological polar surface area (TPSA) is 47.6 Å². The van der Waals surface area contributed by atoms with Crippen molar-refractivity contribution in [2.75, 3.05) is 0 Å². The van der Waals surface area contributed by atoms with Crippen LogP contribution in [-0.4, -0.2) is 0 Å². The van der Waals surface area contributed by atoms with Crippen LogP contribution in [0.1, 0.15) is 10.4 Å². The van der Waals surface area contributed by atoms with Crippen molar-refractivity contribution in [3.8, 4) is 12.1 Å². The zero-order valence-electron chi connectivity index (χ0n) is 6.91. The predicted octanol–water partition coefficient (Wildman–Crippen LogP) is 3.41. The summed E-state index contributed by atoms with van der Waals surface area (Å²) in [5.74, 6) is 0. The van der Waals surface area contributed by atoms with Gasteiger partial charge in [0.05, 0.1) is 5.56 Å². The van der Waals surface area contributed by atoms with Crippen molar-refractivity contribution in [2.24, 2.45) is 0 Å². The molecule has 0 saturated heterocycles. The molecule has 0 N–H and O–H groups in total. The second-order valence-electron chi connectivity index (χ2n) is 2.70. The van der Waals surface area contributed by atoms with Gasteiger partial charge in [0.2, 0.25) is 0 Å². The molecule has 0 spiro atoms. The first-order chi connectivity index (χ1) is 6.74. The molecule has 1 aromatic heterocycles. The lowest BCUT2D eigenvalue weighted by atomic mass is 10.2. The monoisotopic (exact) mass is 262 g/mol. The van der Waals surface area contributed by atoms with E-state index < -0.39 is 0 Å². The standard InChI is InChI=1S/C10H3BrN2S/c11-9-3-10-6(1-7(9)4-12)2-8(5-13)14-10/h1-3H. The van der Waals surface area contributed by atoms with Crippen LogP contribution in [0.15, 0.2) is 22.7 Å². The van der Waals surface area contributed by atoms with Crippen LogP contribution in [0.25, 0.3) is 10.1 Å². The average molecular weight is 263 g/mol. The molecule has 14 heavy (non-hydrogen) atoms. The molecule has 0 amide bonds. The van der Waals surface area contributed by atoms with E-state index in [2.05, 4.69) is 28.1 Å². The molecule has 0 fully saturated rings. The predicted molar refractivity (Wildman–Crippen MR) is 59.0 cm³/mol. The Hall–Kier alpha value is -1.36. The largest absolute Gasteiger partial charge is 0.192 e. The first-order valence-electron chi connectivity index (χ1n) is 3.78. The fraction of sp³-hybridized carbons (Fsp3) is 0. The van der Waals surface area contributed by atoms with Gasteiger partial charge in [-0.25, -0.2) is 0 Å². The summed E-state index contributed by atoms with van der Waals surface area (Å²) < 4.78 is 1.80. The minimum Gasteiger partial charge on any atom is -0.192 e. The van der Waals surface area contributed by atoms with Crippen LogP contribution in [0.3, 0.4) is 0 Å². The van der Waals surface area contributed by atoms with Crippen LogP contribution in [-0.2, 0) is 0 Å². The normalized spacial score (nSPS) is 9.64. The van der Waals surface area contributed by atoms with Gasteiger partial charge in [0.25, 0.3) is 0 Å². The first-order valence-corrected chi connectivity index (χ1v) is 5.39. The van der Waals surface area contributed by atoms with Gasteiger partial charge in [0.1, 0.15) is 17.0 Å². The van der Waals surface area contributed by atoms with Crippen molar-refractivity contribution in [1.29, 1.82) is 10.5 Å². The van der Waals surface area contributed by atoms with Crippen LogP contribution < -0.4 is 0 Å². The molecule has 2 rings (SSSR count). The molecule has 0 aliphatic carbocycles. The Morgan fingerprint density at radius 2 is 1.93 bits per heavy atom. The summed E-state index contributed by atoms with van der Waals surface area (Å²) in [4.78, 5) is 0.669. The van der Waals surface area contributed by atoms with E-state index in [1.54, 1.807) is 12.1 Å². The van der Waals surface area contributed by atoms with Crippen molar-refractivity contribution in [2.45, 2.75) is 0 Å². The molecular formula is C10H3BrN2S. The minimum atomic E-state index is 0.597. The number of nitriles is 2. The highest BCUT2D eigenvalue weighted by molar-refractivity contribution is 9.10. The Balaban J connectivity index is 2.79. The maximum Gasteiger partial charge on any atom is 0.110 e. The van der Waals surface area contributed by atoms with Crippen LogP contribution in [0.5, 0.6) is 0 Å². The third-order valence-corrected chi connectivity index (χ3v) is 3.50. The molecule has 0 unspecified atom stereocenters. The first kappa shape index (κ1) is 9.21. The number of rotatable bonds is 0. The average Bonchev–Trinajstić information content (AvgIpc) is 2.58. The summed E-state index contributed by atoms with van der Waals surface area (Å²) in [6, 6.07) is 9.64.